The molecule has 1 aliphatic rings. The second-order valence-corrected chi connectivity index (χ2v) is 7.59. The Balaban J connectivity index is 2.18. The Kier molecular flexibility index (Phi) is 5.35. The van der Waals surface area contributed by atoms with Crippen molar-refractivity contribution in [3.05, 3.63) is 29.6 Å². The Hall–Kier alpha value is -0.980. The third-order valence-electron chi connectivity index (χ3n) is 3.68. The number of sulfonamides is 1. The maximum Gasteiger partial charge on any atom is 0.243 e. The molecule has 0 aromatic heterocycles. The lowest BCUT2D eigenvalue weighted by molar-refractivity contribution is 0.535. The third-order valence-corrected chi connectivity index (χ3v) is 5.21. The fraction of sp³-hybridized carbons (Fsp3) is 0.600. The molecule has 1 saturated carbocycles. The van der Waals surface area contributed by atoms with Crippen molar-refractivity contribution in [3.63, 3.8) is 0 Å². The first-order valence-corrected chi connectivity index (χ1v) is 8.91. The first kappa shape index (κ1) is 16.4. The number of rotatable bonds is 6. The molecular formula is C15H23FN2O2S. The van der Waals surface area contributed by atoms with Gasteiger partial charge in [-0.1, -0.05) is 32.8 Å². The van der Waals surface area contributed by atoms with Gasteiger partial charge in [0.25, 0.3) is 0 Å². The van der Waals surface area contributed by atoms with Crippen LogP contribution in [-0.4, -0.2) is 20.5 Å². The molecule has 6 heteroatoms. The molecule has 0 aliphatic heterocycles. The second-order valence-electron chi connectivity index (χ2n) is 5.90. The molecule has 0 radical (unpaired) electrons. The van der Waals surface area contributed by atoms with E-state index in [1.54, 1.807) is 6.07 Å². The molecule has 0 unspecified atom stereocenters. The van der Waals surface area contributed by atoms with Gasteiger partial charge in [0.15, 0.2) is 0 Å². The number of hydrogen-bond acceptors (Lipinski definition) is 3. The van der Waals surface area contributed by atoms with Crippen molar-refractivity contribution in [2.75, 3.05) is 0 Å². The van der Waals surface area contributed by atoms with E-state index in [1.807, 2.05) is 13.8 Å². The number of hydrogen-bond donors (Lipinski definition) is 2. The molecule has 21 heavy (non-hydrogen) atoms. The van der Waals surface area contributed by atoms with Crippen LogP contribution in [0.3, 0.4) is 0 Å². The maximum atomic E-state index is 13.9. The van der Waals surface area contributed by atoms with Crippen molar-refractivity contribution in [1.82, 2.24) is 10.0 Å². The van der Waals surface area contributed by atoms with Crippen molar-refractivity contribution in [1.29, 1.82) is 0 Å². The smallest absolute Gasteiger partial charge is 0.243 e. The normalized spacial score (nSPS) is 16.8. The summed E-state index contributed by atoms with van der Waals surface area (Å²) < 4.78 is 41.2. The quantitative estimate of drug-likeness (QED) is 0.848. The molecule has 0 bridgehead atoms. The Morgan fingerprint density at radius 2 is 1.95 bits per heavy atom. The van der Waals surface area contributed by atoms with E-state index in [0.29, 0.717) is 6.54 Å². The minimum atomic E-state index is -3.79. The summed E-state index contributed by atoms with van der Waals surface area (Å²) in [7, 11) is -3.79. The van der Waals surface area contributed by atoms with Crippen molar-refractivity contribution in [2.24, 2.45) is 0 Å². The van der Waals surface area contributed by atoms with E-state index in [4.69, 9.17) is 0 Å². The SMILES string of the molecule is CC(C)NCc1ccc(F)c(S(=O)(=O)NC2CCCC2)c1. The predicted molar refractivity (Wildman–Crippen MR) is 81.0 cm³/mol. The summed E-state index contributed by atoms with van der Waals surface area (Å²) >= 11 is 0. The van der Waals surface area contributed by atoms with Crippen molar-refractivity contribution in [3.8, 4) is 0 Å². The fourth-order valence-corrected chi connectivity index (χ4v) is 3.94. The van der Waals surface area contributed by atoms with Gasteiger partial charge in [0, 0.05) is 18.6 Å². The van der Waals surface area contributed by atoms with Gasteiger partial charge in [-0.05, 0) is 30.5 Å². The van der Waals surface area contributed by atoms with Crippen LogP contribution in [0.4, 0.5) is 4.39 Å². The van der Waals surface area contributed by atoms with Crippen molar-refractivity contribution < 1.29 is 12.8 Å². The zero-order valence-electron chi connectivity index (χ0n) is 12.5. The van der Waals surface area contributed by atoms with E-state index in [2.05, 4.69) is 10.0 Å². The average molecular weight is 314 g/mol. The highest BCUT2D eigenvalue weighted by molar-refractivity contribution is 7.89. The lowest BCUT2D eigenvalue weighted by Crippen LogP contribution is -2.33. The van der Waals surface area contributed by atoms with E-state index in [-0.39, 0.29) is 17.0 Å². The highest BCUT2D eigenvalue weighted by atomic mass is 32.2. The summed E-state index contributed by atoms with van der Waals surface area (Å²) in [5.74, 6) is -0.700. The molecule has 0 amide bonds. The van der Waals surface area contributed by atoms with Gasteiger partial charge in [0.05, 0.1) is 0 Å². The summed E-state index contributed by atoms with van der Waals surface area (Å²) in [6.45, 7) is 4.52. The van der Waals surface area contributed by atoms with E-state index in [9.17, 15) is 12.8 Å². The zero-order chi connectivity index (χ0) is 15.5. The van der Waals surface area contributed by atoms with Gasteiger partial charge in [0.1, 0.15) is 10.7 Å². The molecule has 2 N–H and O–H groups in total. The standard InChI is InChI=1S/C15H23FN2O2S/c1-11(2)17-10-12-7-8-14(16)15(9-12)21(19,20)18-13-5-3-4-6-13/h7-9,11,13,17-18H,3-6,10H2,1-2H3. The molecule has 1 aromatic carbocycles. The number of nitrogens with one attached hydrogen (secondary N) is 2. The summed E-state index contributed by atoms with van der Waals surface area (Å²) in [6, 6.07) is 4.47. The highest BCUT2D eigenvalue weighted by Crippen LogP contribution is 2.22. The Bertz CT molecular complexity index is 581. The molecular weight excluding hydrogens is 291 g/mol. The minimum absolute atomic E-state index is 0.0631. The van der Waals surface area contributed by atoms with Crippen LogP contribution < -0.4 is 10.0 Å². The monoisotopic (exact) mass is 314 g/mol. The first-order chi connectivity index (χ1) is 9.88. The summed E-state index contributed by atoms with van der Waals surface area (Å²) in [6.07, 6.45) is 3.70. The van der Waals surface area contributed by atoms with E-state index >= 15 is 0 Å². The molecule has 4 nitrogen and oxygen atoms in total. The third kappa shape index (κ3) is 4.49. The van der Waals surface area contributed by atoms with Gasteiger partial charge in [0.2, 0.25) is 10.0 Å². The summed E-state index contributed by atoms with van der Waals surface area (Å²) in [5.41, 5.74) is 0.761. The predicted octanol–water partition coefficient (Wildman–Crippen LogP) is 2.54. The molecule has 0 heterocycles. The lowest BCUT2D eigenvalue weighted by Gasteiger charge is -2.14. The van der Waals surface area contributed by atoms with Crippen LogP contribution >= 0.6 is 0 Å². The first-order valence-electron chi connectivity index (χ1n) is 7.42. The van der Waals surface area contributed by atoms with Crippen LogP contribution in [0.1, 0.15) is 45.1 Å². The topological polar surface area (TPSA) is 58.2 Å². The van der Waals surface area contributed by atoms with Crippen LogP contribution in [0.25, 0.3) is 0 Å². The van der Waals surface area contributed by atoms with Gasteiger partial charge in [-0.15, -0.1) is 0 Å². The van der Waals surface area contributed by atoms with Crippen LogP contribution in [0.2, 0.25) is 0 Å². The van der Waals surface area contributed by atoms with Gasteiger partial charge >= 0.3 is 0 Å². The molecule has 0 atom stereocenters. The molecule has 0 saturated heterocycles. The number of halogens is 1. The average Bonchev–Trinajstić information content (AvgIpc) is 2.89. The van der Waals surface area contributed by atoms with Crippen molar-refractivity contribution in [2.45, 2.75) is 63.1 Å². The largest absolute Gasteiger partial charge is 0.310 e. The summed E-state index contributed by atoms with van der Waals surface area (Å²) in [4.78, 5) is -0.252. The van der Waals surface area contributed by atoms with Crippen LogP contribution in [0.5, 0.6) is 0 Å². The van der Waals surface area contributed by atoms with Crippen LogP contribution in [0, 0.1) is 5.82 Å². The second kappa shape index (κ2) is 6.85. The zero-order valence-corrected chi connectivity index (χ0v) is 13.3. The Labute approximate surface area is 126 Å². The molecule has 1 aromatic rings. The van der Waals surface area contributed by atoms with Gasteiger partial charge < -0.3 is 5.32 Å². The van der Waals surface area contributed by atoms with Gasteiger partial charge in [-0.2, -0.15) is 0 Å². The molecule has 118 valence electrons. The van der Waals surface area contributed by atoms with E-state index in [0.717, 1.165) is 31.2 Å². The molecule has 2 rings (SSSR count). The lowest BCUT2D eigenvalue weighted by atomic mass is 10.2. The van der Waals surface area contributed by atoms with E-state index in [1.165, 1.54) is 12.1 Å². The van der Waals surface area contributed by atoms with Gasteiger partial charge in [-0.3, -0.25) is 0 Å². The fourth-order valence-electron chi connectivity index (χ4n) is 2.51. The Morgan fingerprint density at radius 1 is 1.29 bits per heavy atom. The van der Waals surface area contributed by atoms with Gasteiger partial charge in [-0.25, -0.2) is 17.5 Å². The van der Waals surface area contributed by atoms with Crippen LogP contribution in [-0.2, 0) is 16.6 Å². The van der Waals surface area contributed by atoms with Crippen molar-refractivity contribution >= 4 is 10.0 Å². The highest BCUT2D eigenvalue weighted by Gasteiger charge is 2.25. The minimum Gasteiger partial charge on any atom is -0.310 e. The Morgan fingerprint density at radius 3 is 2.57 bits per heavy atom. The maximum absolute atomic E-state index is 13.9. The van der Waals surface area contributed by atoms with Crippen LogP contribution in [0.15, 0.2) is 23.1 Å². The van der Waals surface area contributed by atoms with E-state index < -0.39 is 15.8 Å². The molecule has 0 spiro atoms. The molecule has 1 aliphatic carbocycles. The number of benzene rings is 1. The summed E-state index contributed by atoms with van der Waals surface area (Å²) in [5, 5.41) is 3.20. The molecule has 1 fully saturated rings.